The van der Waals surface area contributed by atoms with Crippen molar-refractivity contribution in [3.8, 4) is 17.1 Å². The first-order valence-electron chi connectivity index (χ1n) is 10.0. The molecule has 10 heteroatoms. The van der Waals surface area contributed by atoms with Crippen LogP contribution in [-0.2, 0) is 9.53 Å². The van der Waals surface area contributed by atoms with Crippen LogP contribution in [0, 0.1) is 0 Å². The molecule has 33 heavy (non-hydrogen) atoms. The van der Waals surface area contributed by atoms with Crippen molar-refractivity contribution >= 4 is 64.9 Å². The molecule has 5 rings (SSSR count). The Labute approximate surface area is 220 Å². The van der Waals surface area contributed by atoms with E-state index in [9.17, 15) is 9.59 Å². The van der Waals surface area contributed by atoms with Gasteiger partial charge in [0.2, 0.25) is 0 Å². The molecule has 1 N–H and O–H groups in total. The van der Waals surface area contributed by atoms with Gasteiger partial charge in [0.25, 0.3) is 0 Å². The van der Waals surface area contributed by atoms with Gasteiger partial charge in [0.05, 0.1) is 18.1 Å². The van der Waals surface area contributed by atoms with Gasteiger partial charge in [-0.3, -0.25) is 4.79 Å². The van der Waals surface area contributed by atoms with Gasteiger partial charge >= 0.3 is 5.97 Å². The fourth-order valence-corrected chi connectivity index (χ4v) is 6.04. The van der Waals surface area contributed by atoms with Crippen molar-refractivity contribution in [2.45, 2.75) is 19.6 Å². The number of fused-ring (bicyclic) bond motifs is 2. The van der Waals surface area contributed by atoms with Crippen molar-refractivity contribution in [2.75, 3.05) is 37.8 Å². The Bertz CT molecular complexity index is 1240. The van der Waals surface area contributed by atoms with Crippen LogP contribution in [0.15, 0.2) is 77.3 Å². The van der Waals surface area contributed by atoms with Gasteiger partial charge in [0.1, 0.15) is 11.5 Å². The molecule has 2 aromatic carbocycles. The second-order valence-corrected chi connectivity index (χ2v) is 9.30. The molecule has 1 aromatic heterocycles. The number of ether oxygens (including phenoxy) is 2. The number of aliphatic carboxylic acids is 1. The van der Waals surface area contributed by atoms with Crippen LogP contribution in [0.2, 0.25) is 0 Å². The molecular formula is C23H19NNaO6S2. The average molecular weight is 493 g/mol. The van der Waals surface area contributed by atoms with E-state index < -0.39 is 12.6 Å². The molecule has 0 atom stereocenters. The molecule has 0 unspecified atom stereocenters. The summed E-state index contributed by atoms with van der Waals surface area (Å²) in [5.74, 6) is 0.433. The first-order chi connectivity index (χ1) is 15.6. The maximum atomic E-state index is 12.5. The van der Waals surface area contributed by atoms with Crippen molar-refractivity contribution in [3.63, 3.8) is 0 Å². The Morgan fingerprint density at radius 1 is 1.03 bits per heavy atom. The third kappa shape index (κ3) is 5.29. The number of benzene rings is 2. The minimum absolute atomic E-state index is 0. The quantitative estimate of drug-likeness (QED) is 0.418. The van der Waals surface area contributed by atoms with E-state index in [-0.39, 0.29) is 35.0 Å². The Kier molecular flexibility index (Phi) is 7.78. The van der Waals surface area contributed by atoms with Gasteiger partial charge < -0.3 is 23.9 Å². The number of hydrogen-bond donors (Lipinski definition) is 1. The number of nitrogens with zero attached hydrogens (tertiary/aromatic N) is 1. The summed E-state index contributed by atoms with van der Waals surface area (Å²) in [5.41, 5.74) is 0.628. The third-order valence-electron chi connectivity index (χ3n) is 5.04. The minimum atomic E-state index is -1.04. The number of carboxylic acid groups (broad SMARTS) is 1. The summed E-state index contributed by atoms with van der Waals surface area (Å²) in [6.07, 6.45) is 0. The van der Waals surface area contributed by atoms with Crippen molar-refractivity contribution < 1.29 is 23.8 Å². The molecule has 0 bridgehead atoms. The number of carbonyl (C=O) groups is 1. The molecule has 165 valence electrons. The predicted octanol–water partition coefficient (Wildman–Crippen LogP) is 3.84. The molecule has 1 radical (unpaired) electrons. The number of anilines is 1. The summed E-state index contributed by atoms with van der Waals surface area (Å²) in [6, 6.07) is 14.5. The number of rotatable bonds is 5. The van der Waals surface area contributed by atoms with Crippen LogP contribution < -0.4 is 15.1 Å². The molecule has 2 aliphatic heterocycles. The smallest absolute Gasteiger partial charge is 0.341 e. The summed E-state index contributed by atoms with van der Waals surface area (Å²) in [5, 5.41) is 9.05. The topological polar surface area (TPSA) is 89.2 Å². The van der Waals surface area contributed by atoms with Crippen molar-refractivity contribution in [1.29, 1.82) is 0 Å². The van der Waals surface area contributed by atoms with Crippen molar-refractivity contribution in [3.05, 3.63) is 58.8 Å². The van der Waals surface area contributed by atoms with Crippen LogP contribution in [0.1, 0.15) is 0 Å². The van der Waals surface area contributed by atoms with Crippen molar-refractivity contribution in [1.82, 2.24) is 0 Å². The second-order valence-electron chi connectivity index (χ2n) is 7.20. The van der Waals surface area contributed by atoms with Gasteiger partial charge in [0.15, 0.2) is 17.9 Å². The molecule has 3 aromatic rings. The SMILES string of the molecule is O=C(O)COc1ccc(-c2cc(=O)cc(N3CCOCC3)o2)c2c1Sc1ccccc1S2.[Na]. The van der Waals surface area contributed by atoms with Crippen LogP contribution in [0.5, 0.6) is 5.75 Å². The Balaban J connectivity index is 0.00000259. The second kappa shape index (κ2) is 10.6. The van der Waals surface area contributed by atoms with Crippen LogP contribution >= 0.6 is 23.5 Å². The average Bonchev–Trinajstić information content (AvgIpc) is 2.81. The Morgan fingerprint density at radius 3 is 2.42 bits per heavy atom. The van der Waals surface area contributed by atoms with E-state index in [1.807, 2.05) is 35.2 Å². The van der Waals surface area contributed by atoms with Crippen LogP contribution in [-0.4, -0.2) is 73.5 Å². The van der Waals surface area contributed by atoms with Crippen LogP contribution in [0.25, 0.3) is 11.3 Å². The molecule has 0 aliphatic carbocycles. The zero-order valence-corrected chi connectivity index (χ0v) is 21.5. The molecule has 1 saturated heterocycles. The first kappa shape index (κ1) is 24.3. The van der Waals surface area contributed by atoms with E-state index >= 15 is 0 Å². The monoisotopic (exact) mass is 492 g/mol. The van der Waals surface area contributed by atoms with Gasteiger partial charge in [-0.25, -0.2) is 4.79 Å². The van der Waals surface area contributed by atoms with E-state index in [4.69, 9.17) is 19.0 Å². The van der Waals surface area contributed by atoms with Crippen molar-refractivity contribution in [2.24, 2.45) is 0 Å². The summed E-state index contributed by atoms with van der Waals surface area (Å²) in [6.45, 7) is 2.06. The van der Waals surface area contributed by atoms with Gasteiger partial charge in [-0.15, -0.1) is 0 Å². The standard InChI is InChI=1S/C23H19NO6S2.Na/c25-14-11-17(30-20(12-14)24-7-9-28-10-8-24)15-5-6-16(29-13-21(26)27)23-22(15)31-18-3-1-2-4-19(18)32-23;/h1-6,11-12H,7-10,13H2,(H,26,27);. The summed E-state index contributed by atoms with van der Waals surface area (Å²) in [7, 11) is 0. The summed E-state index contributed by atoms with van der Waals surface area (Å²) < 4.78 is 17.2. The number of morpholine rings is 1. The van der Waals surface area contributed by atoms with E-state index in [2.05, 4.69) is 0 Å². The summed E-state index contributed by atoms with van der Waals surface area (Å²) >= 11 is 3.08. The maximum Gasteiger partial charge on any atom is 0.341 e. The van der Waals surface area contributed by atoms with Gasteiger partial charge in [-0.2, -0.15) is 0 Å². The van der Waals surface area contributed by atoms with E-state index in [0.29, 0.717) is 43.7 Å². The van der Waals surface area contributed by atoms with E-state index in [1.54, 1.807) is 17.8 Å². The normalized spacial score (nSPS) is 14.6. The zero-order valence-electron chi connectivity index (χ0n) is 17.9. The fraction of sp³-hybridized carbons (Fsp3) is 0.217. The Morgan fingerprint density at radius 2 is 1.73 bits per heavy atom. The maximum absolute atomic E-state index is 12.5. The minimum Gasteiger partial charge on any atom is -0.481 e. The zero-order chi connectivity index (χ0) is 22.1. The molecule has 2 aliphatic rings. The molecule has 3 heterocycles. The fourth-order valence-electron chi connectivity index (χ4n) is 3.56. The Hall–Kier alpha value is -1.88. The van der Waals surface area contributed by atoms with E-state index in [0.717, 1.165) is 25.1 Å². The molecule has 0 saturated carbocycles. The molecule has 7 nitrogen and oxygen atoms in total. The number of hydrogen-bond acceptors (Lipinski definition) is 8. The predicted molar refractivity (Wildman–Crippen MR) is 127 cm³/mol. The van der Waals surface area contributed by atoms with Crippen LogP contribution in [0.3, 0.4) is 0 Å². The largest absolute Gasteiger partial charge is 0.481 e. The first-order valence-corrected chi connectivity index (χ1v) is 11.7. The van der Waals surface area contributed by atoms with Gasteiger partial charge in [-0.05, 0) is 24.3 Å². The summed E-state index contributed by atoms with van der Waals surface area (Å²) in [4.78, 5) is 29.4. The number of carboxylic acids is 1. The molecular weight excluding hydrogens is 473 g/mol. The van der Waals surface area contributed by atoms with Gasteiger partial charge in [-0.1, -0.05) is 35.7 Å². The van der Waals surface area contributed by atoms with Crippen LogP contribution in [0.4, 0.5) is 5.88 Å². The molecule has 1 fully saturated rings. The van der Waals surface area contributed by atoms with E-state index in [1.165, 1.54) is 23.9 Å². The third-order valence-corrected chi connectivity index (χ3v) is 7.69. The molecule has 0 spiro atoms. The van der Waals surface area contributed by atoms with Gasteiger partial charge in [0, 0.05) is 75.0 Å². The molecule has 0 amide bonds.